The van der Waals surface area contributed by atoms with E-state index in [1.54, 1.807) is 12.4 Å². The maximum Gasteiger partial charge on any atom is 0.159 e. The molecule has 0 aliphatic carbocycles. The van der Waals surface area contributed by atoms with Crippen LogP contribution in [0.1, 0.15) is 70.8 Å². The van der Waals surface area contributed by atoms with Gasteiger partial charge < -0.3 is 4.74 Å². The Balaban J connectivity index is 1.47. The van der Waals surface area contributed by atoms with Crippen LogP contribution in [0.3, 0.4) is 0 Å². The standard InChI is InChI=1S/C29H37FN2O/c1-3-5-6-7-8-9-10-19-33-28-21-31-29(32-22-28)26-17-15-25(16-18-26)24-13-11-23(12-14-24)20-27(30)4-2/h11-18,21-22,27H,3-10,19-20H2,1-2H3/t27-/m0/s1. The van der Waals surface area contributed by atoms with E-state index in [9.17, 15) is 4.39 Å². The van der Waals surface area contributed by atoms with Crippen LogP contribution in [0, 0.1) is 0 Å². The molecule has 0 fully saturated rings. The van der Waals surface area contributed by atoms with E-state index in [0.717, 1.165) is 34.4 Å². The van der Waals surface area contributed by atoms with Gasteiger partial charge in [-0.25, -0.2) is 14.4 Å². The number of alkyl halides is 1. The third-order valence-corrected chi connectivity index (χ3v) is 5.98. The minimum absolute atomic E-state index is 0.478. The van der Waals surface area contributed by atoms with E-state index in [2.05, 4.69) is 41.2 Å². The Bertz CT molecular complexity index is 923. The monoisotopic (exact) mass is 448 g/mol. The second kappa shape index (κ2) is 13.7. The van der Waals surface area contributed by atoms with Crippen LogP contribution >= 0.6 is 0 Å². The SMILES string of the molecule is CCCCCCCCCOc1cnc(-c2ccc(-c3ccc(C[C@@H](F)CC)cc3)cc2)nc1. The fourth-order valence-corrected chi connectivity index (χ4v) is 3.83. The maximum absolute atomic E-state index is 13.6. The van der Waals surface area contributed by atoms with Crippen molar-refractivity contribution >= 4 is 0 Å². The van der Waals surface area contributed by atoms with Crippen molar-refractivity contribution in [3.05, 3.63) is 66.5 Å². The highest BCUT2D eigenvalue weighted by molar-refractivity contribution is 5.67. The van der Waals surface area contributed by atoms with Crippen molar-refractivity contribution < 1.29 is 9.13 Å². The molecule has 4 heteroatoms. The van der Waals surface area contributed by atoms with E-state index in [-0.39, 0.29) is 0 Å². The van der Waals surface area contributed by atoms with Crippen LogP contribution in [-0.2, 0) is 6.42 Å². The van der Waals surface area contributed by atoms with E-state index in [1.165, 1.54) is 38.5 Å². The number of aromatic nitrogens is 2. The van der Waals surface area contributed by atoms with E-state index in [4.69, 9.17) is 4.74 Å². The molecule has 0 spiro atoms. The number of benzene rings is 2. The van der Waals surface area contributed by atoms with Gasteiger partial charge in [-0.3, -0.25) is 0 Å². The molecule has 3 aromatic rings. The lowest BCUT2D eigenvalue weighted by Gasteiger charge is -2.08. The Morgan fingerprint density at radius 2 is 1.27 bits per heavy atom. The Hall–Kier alpha value is -2.75. The van der Waals surface area contributed by atoms with Gasteiger partial charge in [-0.1, -0.05) is 101 Å². The van der Waals surface area contributed by atoms with Gasteiger partial charge in [-0.05, 0) is 29.5 Å². The minimum atomic E-state index is -0.771. The van der Waals surface area contributed by atoms with E-state index >= 15 is 0 Å². The molecule has 0 unspecified atom stereocenters. The first-order chi connectivity index (χ1) is 16.2. The first-order valence-electron chi connectivity index (χ1n) is 12.5. The van der Waals surface area contributed by atoms with Gasteiger partial charge in [0.05, 0.1) is 19.0 Å². The number of ether oxygens (including phenoxy) is 1. The summed E-state index contributed by atoms with van der Waals surface area (Å²) in [6, 6.07) is 16.4. The summed E-state index contributed by atoms with van der Waals surface area (Å²) in [6.07, 6.45) is 12.7. The summed E-state index contributed by atoms with van der Waals surface area (Å²) < 4.78 is 19.4. The van der Waals surface area contributed by atoms with Crippen LogP contribution in [0.25, 0.3) is 22.5 Å². The molecule has 1 atom stereocenters. The fourth-order valence-electron chi connectivity index (χ4n) is 3.83. The number of nitrogens with zero attached hydrogens (tertiary/aromatic N) is 2. The molecule has 0 N–H and O–H groups in total. The molecular weight excluding hydrogens is 411 g/mol. The van der Waals surface area contributed by atoms with Crippen LogP contribution in [-0.4, -0.2) is 22.7 Å². The average molecular weight is 449 g/mol. The largest absolute Gasteiger partial charge is 0.490 e. The number of rotatable bonds is 14. The van der Waals surface area contributed by atoms with Gasteiger partial charge in [0.15, 0.2) is 11.6 Å². The molecule has 0 radical (unpaired) electrons. The summed E-state index contributed by atoms with van der Waals surface area (Å²) in [5.41, 5.74) is 4.24. The summed E-state index contributed by atoms with van der Waals surface area (Å²) in [5.74, 6) is 1.41. The summed E-state index contributed by atoms with van der Waals surface area (Å²) >= 11 is 0. The Morgan fingerprint density at radius 1 is 0.727 bits per heavy atom. The van der Waals surface area contributed by atoms with Gasteiger partial charge in [-0.2, -0.15) is 0 Å². The Labute approximate surface area is 198 Å². The summed E-state index contributed by atoms with van der Waals surface area (Å²) in [5, 5.41) is 0. The molecule has 0 bridgehead atoms. The van der Waals surface area contributed by atoms with Gasteiger partial charge in [-0.15, -0.1) is 0 Å². The van der Waals surface area contributed by atoms with Crippen molar-refractivity contribution in [3.63, 3.8) is 0 Å². The lowest BCUT2D eigenvalue weighted by molar-refractivity contribution is 0.302. The third kappa shape index (κ3) is 8.27. The zero-order chi connectivity index (χ0) is 23.3. The molecule has 33 heavy (non-hydrogen) atoms. The highest BCUT2D eigenvalue weighted by atomic mass is 19.1. The first-order valence-corrected chi connectivity index (χ1v) is 12.5. The Morgan fingerprint density at radius 3 is 1.88 bits per heavy atom. The quantitative estimate of drug-likeness (QED) is 0.233. The molecule has 3 nitrogen and oxygen atoms in total. The van der Waals surface area contributed by atoms with Crippen LogP contribution in [0.15, 0.2) is 60.9 Å². The molecule has 0 saturated heterocycles. The molecule has 3 rings (SSSR count). The predicted octanol–water partition coefficient (Wildman–Crippen LogP) is 8.23. The number of hydrogen-bond donors (Lipinski definition) is 0. The second-order valence-electron chi connectivity index (χ2n) is 8.70. The zero-order valence-electron chi connectivity index (χ0n) is 20.1. The molecule has 0 aliphatic heterocycles. The lowest BCUT2D eigenvalue weighted by Crippen LogP contribution is -2.02. The average Bonchev–Trinajstić information content (AvgIpc) is 2.86. The van der Waals surface area contributed by atoms with Crippen LogP contribution < -0.4 is 4.74 Å². The minimum Gasteiger partial charge on any atom is -0.490 e. The Kier molecular flexibility index (Phi) is 10.3. The highest BCUT2D eigenvalue weighted by Gasteiger charge is 2.07. The van der Waals surface area contributed by atoms with Crippen molar-refractivity contribution in [2.75, 3.05) is 6.61 Å². The van der Waals surface area contributed by atoms with Gasteiger partial charge in [0.1, 0.15) is 6.17 Å². The summed E-state index contributed by atoms with van der Waals surface area (Å²) in [4.78, 5) is 8.95. The lowest BCUT2D eigenvalue weighted by atomic mass is 10.00. The molecule has 2 aromatic carbocycles. The third-order valence-electron chi connectivity index (χ3n) is 5.98. The molecule has 1 aromatic heterocycles. The molecular formula is C29H37FN2O. The second-order valence-corrected chi connectivity index (χ2v) is 8.70. The summed E-state index contributed by atoms with van der Waals surface area (Å²) in [6.45, 7) is 4.84. The van der Waals surface area contributed by atoms with Crippen molar-refractivity contribution in [2.24, 2.45) is 0 Å². The molecule has 0 aliphatic rings. The van der Waals surface area contributed by atoms with Crippen molar-refractivity contribution in [3.8, 4) is 28.3 Å². The van der Waals surface area contributed by atoms with Crippen molar-refractivity contribution in [1.29, 1.82) is 0 Å². The molecule has 0 amide bonds. The molecule has 0 saturated carbocycles. The van der Waals surface area contributed by atoms with Crippen molar-refractivity contribution in [1.82, 2.24) is 9.97 Å². The fraction of sp³-hybridized carbons (Fsp3) is 0.448. The van der Waals surface area contributed by atoms with Crippen molar-refractivity contribution in [2.45, 2.75) is 77.8 Å². The van der Waals surface area contributed by atoms with E-state index < -0.39 is 6.17 Å². The van der Waals surface area contributed by atoms with Gasteiger partial charge in [0.25, 0.3) is 0 Å². The highest BCUT2D eigenvalue weighted by Crippen LogP contribution is 2.24. The van der Waals surface area contributed by atoms with E-state index in [0.29, 0.717) is 25.3 Å². The normalized spacial score (nSPS) is 12.0. The van der Waals surface area contributed by atoms with Gasteiger partial charge in [0.2, 0.25) is 0 Å². The molecule has 1 heterocycles. The predicted molar refractivity (Wildman–Crippen MR) is 135 cm³/mol. The number of hydrogen-bond acceptors (Lipinski definition) is 3. The van der Waals surface area contributed by atoms with E-state index in [1.807, 2.05) is 31.2 Å². The first kappa shape index (κ1) is 24.9. The topological polar surface area (TPSA) is 35.0 Å². The number of halogens is 1. The smallest absolute Gasteiger partial charge is 0.159 e. The van der Waals surface area contributed by atoms with Crippen LogP contribution in [0.4, 0.5) is 4.39 Å². The van der Waals surface area contributed by atoms with Crippen LogP contribution in [0.5, 0.6) is 5.75 Å². The number of unbranched alkanes of at least 4 members (excludes halogenated alkanes) is 6. The van der Waals surface area contributed by atoms with Gasteiger partial charge >= 0.3 is 0 Å². The van der Waals surface area contributed by atoms with Gasteiger partial charge in [0, 0.05) is 12.0 Å². The van der Waals surface area contributed by atoms with Crippen LogP contribution in [0.2, 0.25) is 0 Å². The summed E-state index contributed by atoms with van der Waals surface area (Å²) in [7, 11) is 0. The molecule has 176 valence electrons. The maximum atomic E-state index is 13.6. The zero-order valence-corrected chi connectivity index (χ0v) is 20.1.